The minimum Gasteiger partial charge on any atom is -0.457 e. The minimum atomic E-state index is -0.833. The number of nitrogens with zero attached hydrogens (tertiary/aromatic N) is 2. The number of rotatable bonds is 12. The van der Waals surface area contributed by atoms with Crippen LogP contribution in [0.2, 0.25) is 0 Å². The molecule has 1 rings (SSSR count). The molecule has 2 amide bonds. The highest BCUT2D eigenvalue weighted by Crippen LogP contribution is 2.08. The van der Waals surface area contributed by atoms with Crippen LogP contribution in [0.4, 0.5) is 0 Å². The number of nitrogens with one attached hydrogen (secondary N) is 2. The Morgan fingerprint density at radius 2 is 2.00 bits per heavy atom. The topological polar surface area (TPSA) is 91.0 Å². The third-order valence-electron chi connectivity index (χ3n) is 4.00. The fourth-order valence-electron chi connectivity index (χ4n) is 2.66. The van der Waals surface area contributed by atoms with Crippen molar-refractivity contribution in [2.24, 2.45) is 0 Å². The first-order chi connectivity index (χ1) is 12.1. The molecule has 0 saturated carbocycles. The molecule has 0 unspecified atom stereocenters. The molecule has 0 aromatic heterocycles. The Morgan fingerprint density at radius 3 is 2.62 bits per heavy atom. The van der Waals surface area contributed by atoms with Crippen molar-refractivity contribution in [3.05, 3.63) is 0 Å². The van der Waals surface area contributed by atoms with Crippen molar-refractivity contribution < 1.29 is 19.1 Å². The van der Waals surface area contributed by atoms with Crippen molar-refractivity contribution in [2.75, 3.05) is 52.5 Å². The smallest absolute Gasteiger partial charge is 0.397 e. The van der Waals surface area contributed by atoms with Gasteiger partial charge in [-0.2, -0.15) is 0 Å². The van der Waals surface area contributed by atoms with Crippen LogP contribution in [-0.4, -0.2) is 80.1 Å². The van der Waals surface area contributed by atoms with Crippen LogP contribution in [0.3, 0.4) is 0 Å². The maximum Gasteiger partial charge on any atom is 0.397 e. The number of esters is 1. The van der Waals surface area contributed by atoms with Crippen LogP contribution in [0.15, 0.2) is 0 Å². The lowest BCUT2D eigenvalue weighted by Gasteiger charge is -2.21. The van der Waals surface area contributed by atoms with Crippen molar-refractivity contribution in [3.8, 4) is 0 Å². The number of ether oxygens (including phenoxy) is 1. The minimum absolute atomic E-state index is 0. The van der Waals surface area contributed by atoms with Gasteiger partial charge in [0.05, 0.1) is 6.54 Å². The third kappa shape index (κ3) is 9.15. The van der Waals surface area contributed by atoms with E-state index in [4.69, 9.17) is 4.74 Å². The van der Waals surface area contributed by atoms with Gasteiger partial charge in [-0.05, 0) is 32.4 Å². The van der Waals surface area contributed by atoms with Crippen LogP contribution in [0.1, 0.15) is 47.0 Å². The SMILES string of the molecule is C.CCCN(CCCNCNCC)C(=O)C(=O)OCCN1CCCC1=O. The zero-order valence-electron chi connectivity index (χ0n) is 15.5. The predicted molar refractivity (Wildman–Crippen MR) is 102 cm³/mol. The second-order valence-corrected chi connectivity index (χ2v) is 6.05. The molecule has 2 N–H and O–H groups in total. The Labute approximate surface area is 157 Å². The molecule has 1 heterocycles. The summed E-state index contributed by atoms with van der Waals surface area (Å²) >= 11 is 0. The van der Waals surface area contributed by atoms with E-state index in [1.807, 2.05) is 13.8 Å². The van der Waals surface area contributed by atoms with Crippen LogP contribution in [-0.2, 0) is 19.1 Å². The molecule has 8 nitrogen and oxygen atoms in total. The van der Waals surface area contributed by atoms with E-state index < -0.39 is 11.9 Å². The van der Waals surface area contributed by atoms with Crippen LogP contribution in [0, 0.1) is 0 Å². The van der Waals surface area contributed by atoms with E-state index >= 15 is 0 Å². The zero-order chi connectivity index (χ0) is 18.5. The highest BCUT2D eigenvalue weighted by molar-refractivity contribution is 6.32. The molecule has 8 heteroatoms. The maximum atomic E-state index is 12.2. The van der Waals surface area contributed by atoms with Gasteiger partial charge < -0.3 is 25.2 Å². The summed E-state index contributed by atoms with van der Waals surface area (Å²) in [6.45, 7) is 8.59. The van der Waals surface area contributed by atoms with Gasteiger partial charge in [-0.3, -0.25) is 9.59 Å². The van der Waals surface area contributed by atoms with Gasteiger partial charge in [0, 0.05) is 32.7 Å². The number of hydrogen-bond acceptors (Lipinski definition) is 6. The van der Waals surface area contributed by atoms with Gasteiger partial charge in [0.15, 0.2) is 0 Å². The largest absolute Gasteiger partial charge is 0.457 e. The molecule has 0 bridgehead atoms. The average molecular weight is 373 g/mol. The van der Waals surface area contributed by atoms with Crippen LogP contribution < -0.4 is 10.6 Å². The van der Waals surface area contributed by atoms with Gasteiger partial charge in [0.2, 0.25) is 5.91 Å². The first-order valence-corrected chi connectivity index (χ1v) is 9.25. The monoisotopic (exact) mass is 372 g/mol. The third-order valence-corrected chi connectivity index (χ3v) is 4.00. The lowest BCUT2D eigenvalue weighted by atomic mass is 10.3. The van der Waals surface area contributed by atoms with E-state index in [1.165, 1.54) is 4.90 Å². The fraction of sp³-hybridized carbons (Fsp3) is 0.833. The van der Waals surface area contributed by atoms with Crippen molar-refractivity contribution in [3.63, 3.8) is 0 Å². The number of likely N-dealkylation sites (tertiary alicyclic amines) is 1. The molecule has 1 aliphatic heterocycles. The molecule has 0 radical (unpaired) electrons. The summed E-state index contributed by atoms with van der Waals surface area (Å²) in [6, 6.07) is 0. The quantitative estimate of drug-likeness (QED) is 0.225. The molecule has 1 fully saturated rings. The highest BCUT2D eigenvalue weighted by atomic mass is 16.5. The summed E-state index contributed by atoms with van der Waals surface area (Å²) in [5.74, 6) is -1.35. The van der Waals surface area contributed by atoms with Gasteiger partial charge >= 0.3 is 11.9 Å². The molecular weight excluding hydrogens is 336 g/mol. The summed E-state index contributed by atoms with van der Waals surface area (Å²) in [5, 5.41) is 6.38. The van der Waals surface area contributed by atoms with Crippen LogP contribution in [0.5, 0.6) is 0 Å². The fourth-order valence-corrected chi connectivity index (χ4v) is 2.66. The Bertz CT molecular complexity index is 431. The molecule has 0 aromatic rings. The summed E-state index contributed by atoms with van der Waals surface area (Å²) in [6.07, 6.45) is 2.95. The number of carbonyl (C=O) groups is 3. The first kappa shape index (κ1) is 24.3. The lowest BCUT2D eigenvalue weighted by molar-refractivity contribution is -0.160. The molecule has 152 valence electrons. The number of hydrogen-bond donors (Lipinski definition) is 2. The van der Waals surface area contributed by atoms with Gasteiger partial charge in [0.25, 0.3) is 0 Å². The Kier molecular flexibility index (Phi) is 13.6. The first-order valence-electron chi connectivity index (χ1n) is 9.25. The van der Waals surface area contributed by atoms with Crippen LogP contribution >= 0.6 is 0 Å². The second-order valence-electron chi connectivity index (χ2n) is 6.05. The summed E-state index contributed by atoms with van der Waals surface area (Å²) in [7, 11) is 0. The molecule has 0 aliphatic carbocycles. The van der Waals surface area contributed by atoms with Crippen molar-refractivity contribution >= 4 is 17.8 Å². The number of amides is 2. The summed E-state index contributed by atoms with van der Waals surface area (Å²) < 4.78 is 5.05. The Morgan fingerprint density at radius 1 is 1.23 bits per heavy atom. The number of carbonyl (C=O) groups excluding carboxylic acids is 3. The van der Waals surface area contributed by atoms with E-state index in [0.717, 1.165) is 39.0 Å². The molecule has 26 heavy (non-hydrogen) atoms. The standard InChI is InChI=1S/C17H32N4O4.CH4/c1-3-9-21(11-6-8-19-14-18-4-2)16(23)17(24)25-13-12-20-10-5-7-15(20)22;/h18-19H,3-14H2,1-2H3;1H4. The molecule has 1 aliphatic rings. The van der Waals surface area contributed by atoms with Crippen molar-refractivity contribution in [2.45, 2.75) is 47.0 Å². The van der Waals surface area contributed by atoms with Crippen molar-refractivity contribution in [1.29, 1.82) is 0 Å². The second kappa shape index (κ2) is 14.5. The van der Waals surface area contributed by atoms with Gasteiger partial charge in [-0.15, -0.1) is 0 Å². The van der Waals surface area contributed by atoms with Crippen LogP contribution in [0.25, 0.3) is 0 Å². The Hall–Kier alpha value is -1.67. The predicted octanol–water partition coefficient (Wildman–Crippen LogP) is 0.573. The zero-order valence-corrected chi connectivity index (χ0v) is 15.5. The highest BCUT2D eigenvalue weighted by Gasteiger charge is 2.24. The van der Waals surface area contributed by atoms with E-state index in [0.29, 0.717) is 32.6 Å². The lowest BCUT2D eigenvalue weighted by Crippen LogP contribution is -2.41. The van der Waals surface area contributed by atoms with Gasteiger partial charge in [-0.25, -0.2) is 4.79 Å². The summed E-state index contributed by atoms with van der Waals surface area (Å²) in [5.41, 5.74) is 0. The molecule has 0 aromatic carbocycles. The molecule has 0 atom stereocenters. The van der Waals surface area contributed by atoms with Gasteiger partial charge in [0.1, 0.15) is 6.61 Å². The normalized spacial score (nSPS) is 13.5. The van der Waals surface area contributed by atoms with E-state index in [1.54, 1.807) is 4.90 Å². The molecule has 1 saturated heterocycles. The van der Waals surface area contributed by atoms with Crippen molar-refractivity contribution in [1.82, 2.24) is 20.4 Å². The summed E-state index contributed by atoms with van der Waals surface area (Å²) in [4.78, 5) is 38.9. The average Bonchev–Trinajstić information content (AvgIpc) is 3.01. The van der Waals surface area contributed by atoms with E-state index in [9.17, 15) is 14.4 Å². The van der Waals surface area contributed by atoms with E-state index in [2.05, 4.69) is 10.6 Å². The molecule has 0 spiro atoms. The Balaban J connectivity index is 0.00000625. The van der Waals surface area contributed by atoms with E-state index in [-0.39, 0.29) is 19.9 Å². The van der Waals surface area contributed by atoms with Gasteiger partial charge in [-0.1, -0.05) is 21.3 Å². The maximum absolute atomic E-state index is 12.2. The molecular formula is C18H36N4O4.